The molecule has 1 atom stereocenters. The summed E-state index contributed by atoms with van der Waals surface area (Å²) in [4.78, 5) is 0. The fourth-order valence-corrected chi connectivity index (χ4v) is 4.21. The summed E-state index contributed by atoms with van der Waals surface area (Å²) in [7, 11) is 0. The van der Waals surface area contributed by atoms with Gasteiger partial charge in [-0.05, 0) is 67.3 Å². The van der Waals surface area contributed by atoms with Crippen LogP contribution in [0.4, 0.5) is 4.39 Å². The monoisotopic (exact) mass is 268 g/mol. The molecule has 0 heterocycles. The lowest BCUT2D eigenvalue weighted by atomic mass is 9.75. The Hall–Kier alpha value is -0.560. The first-order valence-corrected chi connectivity index (χ1v) is 7.34. The number of hydrogen-bond acceptors (Lipinski definition) is 0. The van der Waals surface area contributed by atoms with Crippen LogP contribution in [0.5, 0.6) is 0 Å². The molecule has 0 saturated heterocycles. The van der Waals surface area contributed by atoms with Gasteiger partial charge in [-0.2, -0.15) is 0 Å². The fourth-order valence-electron chi connectivity index (χ4n) is 3.49. The highest BCUT2D eigenvalue weighted by molar-refractivity contribution is 6.21. The molecule has 1 aromatic carbocycles. The zero-order valence-electron chi connectivity index (χ0n) is 11.5. The van der Waals surface area contributed by atoms with E-state index in [1.807, 2.05) is 13.8 Å². The number of benzene rings is 1. The van der Waals surface area contributed by atoms with Crippen LogP contribution >= 0.6 is 11.6 Å². The van der Waals surface area contributed by atoms with Gasteiger partial charge in [0.15, 0.2) is 0 Å². The SMILES string of the molecule is CCC1(C(Cl)c2c(C)cc(F)cc2C)CCCC1. The first kappa shape index (κ1) is 13.9. The van der Waals surface area contributed by atoms with E-state index in [9.17, 15) is 4.39 Å². The van der Waals surface area contributed by atoms with Crippen LogP contribution in [0, 0.1) is 25.1 Å². The van der Waals surface area contributed by atoms with Gasteiger partial charge in [-0.1, -0.05) is 19.8 Å². The molecule has 2 heteroatoms. The third-order valence-electron chi connectivity index (χ3n) is 4.65. The average Bonchev–Trinajstić information content (AvgIpc) is 2.77. The van der Waals surface area contributed by atoms with Crippen LogP contribution in [0.1, 0.15) is 61.1 Å². The van der Waals surface area contributed by atoms with Crippen molar-refractivity contribution in [2.45, 2.75) is 58.3 Å². The summed E-state index contributed by atoms with van der Waals surface area (Å²) < 4.78 is 13.4. The summed E-state index contributed by atoms with van der Waals surface area (Å²) in [6, 6.07) is 3.21. The van der Waals surface area contributed by atoms with Crippen molar-refractivity contribution in [2.24, 2.45) is 5.41 Å². The van der Waals surface area contributed by atoms with Gasteiger partial charge < -0.3 is 0 Å². The first-order chi connectivity index (χ1) is 8.50. The third-order valence-corrected chi connectivity index (χ3v) is 5.33. The summed E-state index contributed by atoms with van der Waals surface area (Å²) in [6.07, 6.45) is 6.06. The molecule has 18 heavy (non-hydrogen) atoms. The van der Waals surface area contributed by atoms with Gasteiger partial charge in [-0.25, -0.2) is 4.39 Å². The molecule has 1 aliphatic carbocycles. The molecule has 0 aliphatic heterocycles. The molecule has 0 radical (unpaired) electrons. The Morgan fingerprint density at radius 1 is 1.22 bits per heavy atom. The number of alkyl halides is 1. The number of aryl methyl sites for hydroxylation is 2. The van der Waals surface area contributed by atoms with Gasteiger partial charge >= 0.3 is 0 Å². The zero-order chi connectivity index (χ0) is 13.3. The van der Waals surface area contributed by atoms with Crippen molar-refractivity contribution in [3.05, 3.63) is 34.6 Å². The Kier molecular flexibility index (Phi) is 4.01. The minimum absolute atomic E-state index is 0.0191. The van der Waals surface area contributed by atoms with Crippen molar-refractivity contribution in [2.75, 3.05) is 0 Å². The average molecular weight is 269 g/mol. The fraction of sp³-hybridized carbons (Fsp3) is 0.625. The Labute approximate surface area is 115 Å². The van der Waals surface area contributed by atoms with Gasteiger partial charge in [0.1, 0.15) is 5.82 Å². The minimum atomic E-state index is -0.158. The molecule has 0 N–H and O–H groups in total. The van der Waals surface area contributed by atoms with E-state index in [2.05, 4.69) is 6.92 Å². The Balaban J connectivity index is 2.42. The summed E-state index contributed by atoms with van der Waals surface area (Å²) >= 11 is 6.81. The molecule has 1 saturated carbocycles. The summed E-state index contributed by atoms with van der Waals surface area (Å²) in [6.45, 7) is 6.17. The maximum Gasteiger partial charge on any atom is 0.123 e. The van der Waals surface area contributed by atoms with E-state index in [-0.39, 0.29) is 16.6 Å². The molecular formula is C16H22ClF. The van der Waals surface area contributed by atoms with E-state index >= 15 is 0 Å². The van der Waals surface area contributed by atoms with E-state index in [0.717, 1.165) is 23.1 Å². The standard InChI is InChI=1S/C16H22ClF/c1-4-16(7-5-6-8-16)15(17)14-11(2)9-13(18)10-12(14)3/h9-10,15H,4-8H2,1-3H3. The maximum absolute atomic E-state index is 13.4. The lowest BCUT2D eigenvalue weighted by Crippen LogP contribution is -2.23. The van der Waals surface area contributed by atoms with Crippen LogP contribution in [-0.4, -0.2) is 0 Å². The summed E-state index contributed by atoms with van der Waals surface area (Å²) in [5.74, 6) is -0.158. The van der Waals surface area contributed by atoms with Crippen LogP contribution in [0.25, 0.3) is 0 Å². The highest BCUT2D eigenvalue weighted by Gasteiger charge is 2.40. The molecule has 0 nitrogen and oxygen atoms in total. The lowest BCUT2D eigenvalue weighted by molar-refractivity contribution is 0.270. The van der Waals surface area contributed by atoms with E-state index in [1.165, 1.54) is 25.7 Å². The maximum atomic E-state index is 13.4. The van der Waals surface area contributed by atoms with E-state index < -0.39 is 0 Å². The van der Waals surface area contributed by atoms with Gasteiger partial charge in [0.2, 0.25) is 0 Å². The van der Waals surface area contributed by atoms with Crippen molar-refractivity contribution in [3.8, 4) is 0 Å². The van der Waals surface area contributed by atoms with Crippen molar-refractivity contribution >= 4 is 11.6 Å². The highest BCUT2D eigenvalue weighted by Crippen LogP contribution is 2.54. The second-order valence-corrected chi connectivity index (χ2v) is 6.18. The number of rotatable bonds is 3. The molecule has 1 aromatic rings. The second kappa shape index (κ2) is 5.21. The van der Waals surface area contributed by atoms with Gasteiger partial charge in [-0.3, -0.25) is 0 Å². The molecule has 0 spiro atoms. The third kappa shape index (κ3) is 2.30. The highest BCUT2D eigenvalue weighted by atomic mass is 35.5. The topological polar surface area (TPSA) is 0 Å². The van der Waals surface area contributed by atoms with E-state index in [0.29, 0.717) is 0 Å². The molecule has 100 valence electrons. The van der Waals surface area contributed by atoms with Gasteiger partial charge in [0.25, 0.3) is 0 Å². The predicted octanol–water partition coefficient (Wildman–Crippen LogP) is 5.69. The predicted molar refractivity (Wildman–Crippen MR) is 75.7 cm³/mol. The minimum Gasteiger partial charge on any atom is -0.207 e. The summed E-state index contributed by atoms with van der Waals surface area (Å²) in [5.41, 5.74) is 3.36. The van der Waals surface area contributed by atoms with Crippen LogP contribution in [0.15, 0.2) is 12.1 Å². The second-order valence-electron chi connectivity index (χ2n) is 5.74. The van der Waals surface area contributed by atoms with Crippen molar-refractivity contribution in [1.82, 2.24) is 0 Å². The van der Waals surface area contributed by atoms with Crippen LogP contribution in [0.2, 0.25) is 0 Å². The zero-order valence-corrected chi connectivity index (χ0v) is 12.3. The molecule has 0 aromatic heterocycles. The lowest BCUT2D eigenvalue weighted by Gasteiger charge is -2.34. The molecule has 0 amide bonds. The normalized spacial score (nSPS) is 20.1. The largest absolute Gasteiger partial charge is 0.207 e. The number of halogens is 2. The Morgan fingerprint density at radius 3 is 2.17 bits per heavy atom. The molecule has 0 bridgehead atoms. The molecule has 2 rings (SSSR count). The summed E-state index contributed by atoms with van der Waals surface area (Å²) in [5, 5.41) is 0.0191. The van der Waals surface area contributed by atoms with Crippen molar-refractivity contribution < 1.29 is 4.39 Å². The van der Waals surface area contributed by atoms with Crippen molar-refractivity contribution in [3.63, 3.8) is 0 Å². The Morgan fingerprint density at radius 2 is 1.72 bits per heavy atom. The van der Waals surface area contributed by atoms with Crippen LogP contribution in [-0.2, 0) is 0 Å². The quantitative estimate of drug-likeness (QED) is 0.618. The Bertz CT molecular complexity index is 410. The smallest absolute Gasteiger partial charge is 0.123 e. The van der Waals surface area contributed by atoms with Gasteiger partial charge in [-0.15, -0.1) is 11.6 Å². The molecule has 1 unspecified atom stereocenters. The van der Waals surface area contributed by atoms with Crippen LogP contribution < -0.4 is 0 Å². The van der Waals surface area contributed by atoms with E-state index in [1.54, 1.807) is 12.1 Å². The van der Waals surface area contributed by atoms with Crippen LogP contribution in [0.3, 0.4) is 0 Å². The first-order valence-electron chi connectivity index (χ1n) is 6.91. The van der Waals surface area contributed by atoms with E-state index in [4.69, 9.17) is 11.6 Å². The van der Waals surface area contributed by atoms with Gasteiger partial charge in [0.05, 0.1) is 5.38 Å². The van der Waals surface area contributed by atoms with Crippen molar-refractivity contribution in [1.29, 1.82) is 0 Å². The molecule has 1 aliphatic rings. The number of hydrogen-bond donors (Lipinski definition) is 0. The molecule has 1 fully saturated rings. The molecular weight excluding hydrogens is 247 g/mol. The van der Waals surface area contributed by atoms with Gasteiger partial charge in [0, 0.05) is 0 Å².